The Bertz CT molecular complexity index is 766. The summed E-state index contributed by atoms with van der Waals surface area (Å²) in [4.78, 5) is 12.4. The number of benzene rings is 1. The molecule has 3 rings (SSSR count). The first kappa shape index (κ1) is 15.8. The van der Waals surface area contributed by atoms with Crippen LogP contribution in [-0.2, 0) is 12.8 Å². The number of nitrogens with zero attached hydrogens (tertiary/aromatic N) is 3. The summed E-state index contributed by atoms with van der Waals surface area (Å²) in [5.74, 6) is 1.39. The molecule has 5 nitrogen and oxygen atoms in total. The summed E-state index contributed by atoms with van der Waals surface area (Å²) in [5.41, 5.74) is 3.44. The first-order chi connectivity index (χ1) is 11.2. The second-order valence-corrected chi connectivity index (χ2v) is 6.77. The van der Waals surface area contributed by atoms with Crippen molar-refractivity contribution in [2.75, 3.05) is 0 Å². The van der Waals surface area contributed by atoms with Crippen molar-refractivity contribution in [1.82, 2.24) is 20.1 Å². The van der Waals surface area contributed by atoms with Crippen molar-refractivity contribution in [3.63, 3.8) is 0 Å². The molecule has 0 fully saturated rings. The van der Waals surface area contributed by atoms with Crippen molar-refractivity contribution >= 4 is 11.8 Å². The van der Waals surface area contributed by atoms with Gasteiger partial charge >= 0.3 is 0 Å². The molecule has 23 heavy (non-hydrogen) atoms. The van der Waals surface area contributed by atoms with E-state index in [1.165, 1.54) is 5.56 Å². The molecule has 0 radical (unpaired) electrons. The number of nitrogens with one attached hydrogen (secondary N) is 1. The summed E-state index contributed by atoms with van der Waals surface area (Å²) < 4.78 is 5.30. The normalized spacial score (nSPS) is 12.5. The molecule has 0 saturated carbocycles. The SMILES string of the molecule is CCc1noc([C@H](C)Sc2nc(Cc3ccccc3)c(C)[nH]2)n1. The maximum absolute atomic E-state index is 5.30. The molecule has 0 spiro atoms. The lowest BCUT2D eigenvalue weighted by atomic mass is 10.1. The van der Waals surface area contributed by atoms with Crippen molar-refractivity contribution in [2.45, 2.75) is 44.0 Å². The Morgan fingerprint density at radius 1 is 1.22 bits per heavy atom. The van der Waals surface area contributed by atoms with Gasteiger partial charge in [0.15, 0.2) is 11.0 Å². The lowest BCUT2D eigenvalue weighted by Crippen LogP contribution is -1.92. The Kier molecular flexibility index (Phi) is 4.81. The second kappa shape index (κ2) is 7.00. The Morgan fingerprint density at radius 2 is 2.00 bits per heavy atom. The van der Waals surface area contributed by atoms with Gasteiger partial charge in [0.25, 0.3) is 0 Å². The van der Waals surface area contributed by atoms with Crippen LogP contribution in [0.15, 0.2) is 40.0 Å². The molecule has 0 aliphatic carbocycles. The molecule has 2 heterocycles. The van der Waals surface area contributed by atoms with Crippen molar-refractivity contribution in [3.8, 4) is 0 Å². The molecule has 1 N–H and O–H groups in total. The number of H-pyrrole nitrogens is 1. The Balaban J connectivity index is 1.70. The van der Waals surface area contributed by atoms with Gasteiger partial charge in [0.05, 0.1) is 10.9 Å². The van der Waals surface area contributed by atoms with Gasteiger partial charge in [-0.25, -0.2) is 4.98 Å². The first-order valence-electron chi connectivity index (χ1n) is 7.74. The molecule has 3 aromatic rings. The fraction of sp³-hybridized carbons (Fsp3) is 0.353. The van der Waals surface area contributed by atoms with Crippen molar-refractivity contribution in [1.29, 1.82) is 0 Å². The molecule has 1 aromatic carbocycles. The second-order valence-electron chi connectivity index (χ2n) is 5.44. The Morgan fingerprint density at radius 3 is 2.70 bits per heavy atom. The number of aromatic amines is 1. The van der Waals surface area contributed by atoms with Crippen LogP contribution < -0.4 is 0 Å². The van der Waals surface area contributed by atoms with Gasteiger partial charge in [0, 0.05) is 18.5 Å². The highest BCUT2D eigenvalue weighted by Crippen LogP contribution is 2.32. The molecule has 0 aliphatic heterocycles. The van der Waals surface area contributed by atoms with E-state index in [0.29, 0.717) is 5.89 Å². The smallest absolute Gasteiger partial charge is 0.239 e. The van der Waals surface area contributed by atoms with Gasteiger partial charge < -0.3 is 9.51 Å². The van der Waals surface area contributed by atoms with Gasteiger partial charge in [-0.15, -0.1) is 0 Å². The quantitative estimate of drug-likeness (QED) is 0.690. The summed E-state index contributed by atoms with van der Waals surface area (Å²) >= 11 is 1.60. The van der Waals surface area contributed by atoms with Gasteiger partial charge in [-0.2, -0.15) is 4.98 Å². The van der Waals surface area contributed by atoms with Crippen LogP contribution in [0.3, 0.4) is 0 Å². The zero-order valence-corrected chi connectivity index (χ0v) is 14.4. The molecule has 2 aromatic heterocycles. The van der Waals surface area contributed by atoms with E-state index in [4.69, 9.17) is 9.51 Å². The lowest BCUT2D eigenvalue weighted by Gasteiger charge is -2.02. The molecule has 0 saturated heterocycles. The molecule has 0 bridgehead atoms. The van der Waals surface area contributed by atoms with Crippen molar-refractivity contribution < 1.29 is 4.52 Å². The van der Waals surface area contributed by atoms with Gasteiger partial charge in [0.1, 0.15) is 0 Å². The van der Waals surface area contributed by atoms with Crippen molar-refractivity contribution in [3.05, 3.63) is 59.0 Å². The summed E-state index contributed by atoms with van der Waals surface area (Å²) in [6.07, 6.45) is 1.61. The number of aromatic nitrogens is 4. The summed E-state index contributed by atoms with van der Waals surface area (Å²) in [7, 11) is 0. The highest BCUT2D eigenvalue weighted by Gasteiger charge is 2.18. The van der Waals surface area contributed by atoms with Crippen LogP contribution in [0.1, 0.15) is 47.8 Å². The minimum absolute atomic E-state index is 0.0675. The van der Waals surface area contributed by atoms with E-state index >= 15 is 0 Å². The van der Waals surface area contributed by atoms with Crippen LogP contribution in [-0.4, -0.2) is 20.1 Å². The molecule has 0 aliphatic rings. The Labute approximate surface area is 139 Å². The molecule has 0 amide bonds. The third kappa shape index (κ3) is 3.82. The molecule has 1 atom stereocenters. The molecular formula is C17H20N4OS. The van der Waals surface area contributed by atoms with Crippen molar-refractivity contribution in [2.24, 2.45) is 0 Å². The number of hydrogen-bond acceptors (Lipinski definition) is 5. The van der Waals surface area contributed by atoms with E-state index in [2.05, 4.69) is 46.3 Å². The van der Waals surface area contributed by atoms with E-state index in [0.717, 1.165) is 35.2 Å². The third-order valence-corrected chi connectivity index (χ3v) is 4.59. The van der Waals surface area contributed by atoms with E-state index < -0.39 is 0 Å². The zero-order valence-electron chi connectivity index (χ0n) is 13.5. The van der Waals surface area contributed by atoms with Crippen LogP contribution in [0.25, 0.3) is 0 Å². The topological polar surface area (TPSA) is 67.6 Å². The average molecular weight is 328 g/mol. The average Bonchev–Trinajstić information content (AvgIpc) is 3.16. The van der Waals surface area contributed by atoms with Crippen LogP contribution in [0, 0.1) is 6.92 Å². The van der Waals surface area contributed by atoms with Gasteiger partial charge in [0.2, 0.25) is 5.89 Å². The zero-order chi connectivity index (χ0) is 16.2. The predicted octanol–water partition coefficient (Wildman–Crippen LogP) is 4.11. The van der Waals surface area contributed by atoms with E-state index in [9.17, 15) is 0 Å². The fourth-order valence-corrected chi connectivity index (χ4v) is 3.18. The number of aryl methyl sites for hydroxylation is 2. The molecule has 120 valence electrons. The van der Waals surface area contributed by atoms with Gasteiger partial charge in [-0.3, -0.25) is 0 Å². The lowest BCUT2D eigenvalue weighted by molar-refractivity contribution is 0.375. The van der Waals surface area contributed by atoms with E-state index in [-0.39, 0.29) is 5.25 Å². The number of hydrogen-bond donors (Lipinski definition) is 1. The summed E-state index contributed by atoms with van der Waals surface area (Å²) in [5, 5.41) is 4.90. The van der Waals surface area contributed by atoms with Crippen LogP contribution >= 0.6 is 11.8 Å². The predicted molar refractivity (Wildman–Crippen MR) is 90.5 cm³/mol. The Hall–Kier alpha value is -2.08. The minimum atomic E-state index is 0.0675. The standard InChI is InChI=1S/C17H20N4OS/c1-4-15-20-16(22-21-15)12(3)23-17-18-11(2)14(19-17)10-13-8-6-5-7-9-13/h5-9,12H,4,10H2,1-3H3,(H,18,19)/t12-/m0/s1. The molecule has 6 heteroatoms. The number of rotatable bonds is 6. The van der Waals surface area contributed by atoms with E-state index in [1.54, 1.807) is 11.8 Å². The monoisotopic (exact) mass is 328 g/mol. The van der Waals surface area contributed by atoms with Crippen LogP contribution in [0.2, 0.25) is 0 Å². The minimum Gasteiger partial charge on any atom is -0.338 e. The summed E-state index contributed by atoms with van der Waals surface area (Å²) in [6, 6.07) is 10.4. The molecule has 0 unspecified atom stereocenters. The highest BCUT2D eigenvalue weighted by molar-refractivity contribution is 7.99. The maximum atomic E-state index is 5.30. The van der Waals surface area contributed by atoms with E-state index in [1.807, 2.05) is 19.9 Å². The molecular weight excluding hydrogens is 308 g/mol. The number of thioether (sulfide) groups is 1. The third-order valence-electron chi connectivity index (χ3n) is 3.61. The summed E-state index contributed by atoms with van der Waals surface area (Å²) in [6.45, 7) is 6.12. The van der Waals surface area contributed by atoms with Gasteiger partial charge in [-0.05, 0) is 19.4 Å². The van der Waals surface area contributed by atoms with Crippen LogP contribution in [0.4, 0.5) is 0 Å². The highest BCUT2D eigenvalue weighted by atomic mass is 32.2. The number of imidazole rings is 1. The van der Waals surface area contributed by atoms with Crippen LogP contribution in [0.5, 0.6) is 0 Å². The largest absolute Gasteiger partial charge is 0.338 e. The fourth-order valence-electron chi connectivity index (χ4n) is 2.28. The first-order valence-corrected chi connectivity index (χ1v) is 8.62. The maximum Gasteiger partial charge on any atom is 0.239 e. The van der Waals surface area contributed by atoms with Gasteiger partial charge in [-0.1, -0.05) is 54.2 Å².